The smallest absolute Gasteiger partial charge is 0.338 e. The van der Waals surface area contributed by atoms with Crippen molar-refractivity contribution in [1.82, 2.24) is 5.32 Å². The van der Waals surface area contributed by atoms with Crippen molar-refractivity contribution in [3.8, 4) is 0 Å². The third-order valence-electron chi connectivity index (χ3n) is 2.85. The van der Waals surface area contributed by atoms with Crippen LogP contribution in [0.4, 0.5) is 4.39 Å². The summed E-state index contributed by atoms with van der Waals surface area (Å²) in [6.45, 7) is -0.173. The highest BCUT2D eigenvalue weighted by molar-refractivity contribution is 6.31. The fraction of sp³-hybridized carbons (Fsp3) is 0.125. The fourth-order valence-corrected chi connectivity index (χ4v) is 1.89. The molecule has 0 radical (unpaired) electrons. The zero-order valence-corrected chi connectivity index (χ0v) is 12.3. The second kappa shape index (κ2) is 7.56. The van der Waals surface area contributed by atoms with Crippen molar-refractivity contribution in [3.05, 3.63) is 70.5 Å². The second-order valence-corrected chi connectivity index (χ2v) is 4.86. The summed E-state index contributed by atoms with van der Waals surface area (Å²) in [6.07, 6.45) is 0. The van der Waals surface area contributed by atoms with Crippen molar-refractivity contribution in [3.63, 3.8) is 0 Å². The molecule has 2 rings (SSSR count). The van der Waals surface area contributed by atoms with Crippen LogP contribution in [-0.4, -0.2) is 18.5 Å². The molecule has 1 amide bonds. The maximum absolute atomic E-state index is 12.7. The molecule has 6 heteroatoms. The number of ether oxygens (including phenoxy) is 1. The lowest BCUT2D eigenvalue weighted by molar-refractivity contribution is -0.124. The first-order valence-corrected chi connectivity index (χ1v) is 6.87. The first-order valence-electron chi connectivity index (χ1n) is 6.49. The molecule has 0 aliphatic rings. The van der Waals surface area contributed by atoms with E-state index in [0.29, 0.717) is 5.02 Å². The maximum atomic E-state index is 12.7. The average Bonchev–Trinajstić information content (AvgIpc) is 2.52. The SMILES string of the molecule is O=C(COC(=O)c1ccc(F)cc1)NCc1ccccc1Cl. The quantitative estimate of drug-likeness (QED) is 0.861. The summed E-state index contributed by atoms with van der Waals surface area (Å²) in [7, 11) is 0. The van der Waals surface area contributed by atoms with E-state index in [9.17, 15) is 14.0 Å². The third kappa shape index (κ3) is 4.56. The molecule has 0 aliphatic carbocycles. The summed E-state index contributed by atoms with van der Waals surface area (Å²) in [5.41, 5.74) is 0.947. The lowest BCUT2D eigenvalue weighted by Crippen LogP contribution is -2.28. The van der Waals surface area contributed by atoms with Crippen LogP contribution in [0.1, 0.15) is 15.9 Å². The maximum Gasteiger partial charge on any atom is 0.338 e. The van der Waals surface area contributed by atoms with Crippen molar-refractivity contribution < 1.29 is 18.7 Å². The number of carbonyl (C=O) groups excluding carboxylic acids is 2. The number of esters is 1. The number of rotatable bonds is 5. The fourth-order valence-electron chi connectivity index (χ4n) is 1.69. The van der Waals surface area contributed by atoms with Crippen LogP contribution in [0, 0.1) is 5.82 Å². The van der Waals surface area contributed by atoms with Gasteiger partial charge in [-0.2, -0.15) is 0 Å². The van der Waals surface area contributed by atoms with Crippen molar-refractivity contribution in [2.24, 2.45) is 0 Å². The van der Waals surface area contributed by atoms with Crippen LogP contribution in [0.25, 0.3) is 0 Å². The van der Waals surface area contributed by atoms with Crippen molar-refractivity contribution >= 4 is 23.5 Å². The molecule has 0 saturated heterocycles. The van der Waals surface area contributed by atoms with Gasteiger partial charge in [-0.3, -0.25) is 4.79 Å². The van der Waals surface area contributed by atoms with Gasteiger partial charge in [0.25, 0.3) is 5.91 Å². The first-order chi connectivity index (χ1) is 10.6. The first kappa shape index (κ1) is 16.0. The average molecular weight is 322 g/mol. The van der Waals surface area contributed by atoms with Crippen molar-refractivity contribution in [2.45, 2.75) is 6.54 Å². The standard InChI is InChI=1S/C16H13ClFNO3/c17-14-4-2-1-3-12(14)9-19-15(20)10-22-16(21)11-5-7-13(18)8-6-11/h1-8H,9-10H2,(H,19,20). The molecule has 0 spiro atoms. The van der Waals surface area contributed by atoms with E-state index in [4.69, 9.17) is 16.3 Å². The third-order valence-corrected chi connectivity index (χ3v) is 3.22. The number of benzene rings is 2. The Morgan fingerprint density at radius 2 is 1.77 bits per heavy atom. The van der Waals surface area contributed by atoms with Gasteiger partial charge in [0.05, 0.1) is 5.56 Å². The Morgan fingerprint density at radius 1 is 1.09 bits per heavy atom. The highest BCUT2D eigenvalue weighted by atomic mass is 35.5. The molecule has 114 valence electrons. The Balaban J connectivity index is 1.79. The van der Waals surface area contributed by atoms with Gasteiger partial charge in [-0.1, -0.05) is 29.8 Å². The largest absolute Gasteiger partial charge is 0.452 e. The molecule has 0 saturated carbocycles. The number of halogens is 2. The molecular formula is C16H13ClFNO3. The van der Waals surface area contributed by atoms with Crippen LogP contribution < -0.4 is 5.32 Å². The molecule has 0 fully saturated rings. The van der Waals surface area contributed by atoms with Gasteiger partial charge in [0.15, 0.2) is 6.61 Å². The number of nitrogens with one attached hydrogen (secondary N) is 1. The lowest BCUT2D eigenvalue weighted by Gasteiger charge is -2.08. The van der Waals surface area contributed by atoms with Gasteiger partial charge < -0.3 is 10.1 Å². The Hall–Kier alpha value is -2.40. The zero-order chi connectivity index (χ0) is 15.9. The highest BCUT2D eigenvalue weighted by Crippen LogP contribution is 2.14. The van der Waals surface area contributed by atoms with E-state index in [1.54, 1.807) is 18.2 Å². The Kier molecular flexibility index (Phi) is 5.49. The molecule has 0 bridgehead atoms. The normalized spacial score (nSPS) is 10.1. The van der Waals surface area contributed by atoms with Crippen molar-refractivity contribution in [1.29, 1.82) is 0 Å². The van der Waals surface area contributed by atoms with Gasteiger partial charge in [-0.15, -0.1) is 0 Å². The van der Waals surface area contributed by atoms with Crippen molar-refractivity contribution in [2.75, 3.05) is 6.61 Å². The molecule has 1 N–H and O–H groups in total. The van der Waals surface area contributed by atoms with Gasteiger partial charge in [-0.05, 0) is 35.9 Å². The minimum atomic E-state index is -0.687. The predicted molar refractivity (Wildman–Crippen MR) is 80.0 cm³/mol. The molecule has 0 atom stereocenters. The molecular weight excluding hydrogens is 309 g/mol. The van der Waals surface area contributed by atoms with Crippen LogP contribution >= 0.6 is 11.6 Å². The van der Waals surface area contributed by atoms with E-state index in [1.165, 1.54) is 12.1 Å². The van der Waals surface area contributed by atoms with Gasteiger partial charge in [-0.25, -0.2) is 9.18 Å². The molecule has 0 heterocycles. The van der Waals surface area contributed by atoms with Gasteiger partial charge in [0.2, 0.25) is 0 Å². The lowest BCUT2D eigenvalue weighted by atomic mass is 10.2. The van der Waals surface area contributed by atoms with E-state index < -0.39 is 24.3 Å². The predicted octanol–water partition coefficient (Wildman–Crippen LogP) is 2.95. The van der Waals surface area contributed by atoms with E-state index in [1.807, 2.05) is 6.07 Å². The Bertz CT molecular complexity index is 673. The summed E-state index contributed by atoms with van der Waals surface area (Å²) in [4.78, 5) is 23.3. The van der Waals surface area contributed by atoms with Crippen LogP contribution in [0.5, 0.6) is 0 Å². The molecule has 0 unspecified atom stereocenters. The van der Waals surface area contributed by atoms with Crippen LogP contribution in [0.15, 0.2) is 48.5 Å². The van der Waals surface area contributed by atoms with Gasteiger partial charge in [0, 0.05) is 11.6 Å². The molecule has 2 aromatic carbocycles. The molecule has 22 heavy (non-hydrogen) atoms. The number of hydrogen-bond donors (Lipinski definition) is 1. The summed E-state index contributed by atoms with van der Waals surface area (Å²) in [5.74, 6) is -1.59. The topological polar surface area (TPSA) is 55.4 Å². The zero-order valence-electron chi connectivity index (χ0n) is 11.5. The number of carbonyl (C=O) groups is 2. The van der Waals surface area contributed by atoms with E-state index in [2.05, 4.69) is 5.32 Å². The summed E-state index contributed by atoms with van der Waals surface area (Å²) in [5, 5.41) is 3.14. The highest BCUT2D eigenvalue weighted by Gasteiger charge is 2.10. The molecule has 0 aromatic heterocycles. The summed E-state index contributed by atoms with van der Waals surface area (Å²) < 4.78 is 17.6. The number of amides is 1. The van der Waals surface area contributed by atoms with E-state index >= 15 is 0 Å². The van der Waals surface area contributed by atoms with E-state index in [0.717, 1.165) is 17.7 Å². The van der Waals surface area contributed by atoms with Gasteiger partial charge in [0.1, 0.15) is 5.82 Å². The van der Waals surface area contributed by atoms with Crippen LogP contribution in [0.2, 0.25) is 5.02 Å². The minimum Gasteiger partial charge on any atom is -0.452 e. The second-order valence-electron chi connectivity index (χ2n) is 4.45. The Morgan fingerprint density at radius 3 is 2.45 bits per heavy atom. The molecule has 0 aliphatic heterocycles. The molecule has 4 nitrogen and oxygen atoms in total. The van der Waals surface area contributed by atoms with Crippen LogP contribution in [-0.2, 0) is 16.1 Å². The summed E-state index contributed by atoms with van der Waals surface area (Å²) in [6, 6.07) is 12.0. The van der Waals surface area contributed by atoms with Gasteiger partial charge >= 0.3 is 5.97 Å². The number of hydrogen-bond acceptors (Lipinski definition) is 3. The van der Waals surface area contributed by atoms with Crippen LogP contribution in [0.3, 0.4) is 0 Å². The molecule has 2 aromatic rings. The monoisotopic (exact) mass is 321 g/mol. The van der Waals surface area contributed by atoms with E-state index in [-0.39, 0.29) is 12.1 Å². The summed E-state index contributed by atoms with van der Waals surface area (Å²) >= 11 is 5.96. The Labute approximate surface area is 131 Å². The minimum absolute atomic E-state index is 0.181.